The molecule has 0 amide bonds. The zero-order valence-electron chi connectivity index (χ0n) is 16.8. The molecule has 0 fully saturated rings. The average Bonchev–Trinajstić information content (AvgIpc) is 2.79. The van der Waals surface area contributed by atoms with E-state index in [0.717, 1.165) is 5.56 Å². The summed E-state index contributed by atoms with van der Waals surface area (Å²) < 4.78 is 22.4. The van der Waals surface area contributed by atoms with Crippen molar-refractivity contribution in [1.29, 1.82) is 0 Å². The van der Waals surface area contributed by atoms with Crippen molar-refractivity contribution >= 4 is 5.78 Å². The van der Waals surface area contributed by atoms with Gasteiger partial charge in [-0.2, -0.15) is 0 Å². The Kier molecular flexibility index (Phi) is 6.87. The van der Waals surface area contributed by atoms with Gasteiger partial charge in [-0.15, -0.1) is 0 Å². The van der Waals surface area contributed by atoms with Crippen molar-refractivity contribution in [2.45, 2.75) is 12.7 Å². The van der Waals surface area contributed by atoms with Gasteiger partial charge in [-0.05, 0) is 23.3 Å². The molecule has 3 aromatic carbocycles. The second kappa shape index (κ2) is 9.75. The molecular formula is C24H24O5. The highest BCUT2D eigenvalue weighted by atomic mass is 16.5. The number of ketones is 1. The maximum atomic E-state index is 13.3. The number of hydrogen-bond donors (Lipinski definition) is 0. The van der Waals surface area contributed by atoms with Crippen molar-refractivity contribution < 1.29 is 23.7 Å². The van der Waals surface area contributed by atoms with Crippen LogP contribution in [-0.2, 0) is 11.3 Å². The molecule has 0 aliphatic heterocycles. The Morgan fingerprint density at radius 1 is 0.793 bits per heavy atom. The number of ether oxygens (including phenoxy) is 4. The van der Waals surface area contributed by atoms with Gasteiger partial charge in [-0.25, -0.2) is 0 Å². The molecule has 1 unspecified atom stereocenters. The fourth-order valence-electron chi connectivity index (χ4n) is 3.08. The van der Waals surface area contributed by atoms with Gasteiger partial charge in [-0.1, -0.05) is 60.7 Å². The molecule has 1 atom stereocenters. The van der Waals surface area contributed by atoms with Gasteiger partial charge in [0.05, 0.1) is 27.9 Å². The van der Waals surface area contributed by atoms with Gasteiger partial charge in [-0.3, -0.25) is 4.79 Å². The molecule has 150 valence electrons. The predicted octanol–water partition coefficient (Wildman–Crippen LogP) is 4.85. The van der Waals surface area contributed by atoms with Crippen LogP contribution in [0.25, 0.3) is 0 Å². The van der Waals surface area contributed by atoms with E-state index in [4.69, 9.17) is 18.9 Å². The minimum Gasteiger partial charge on any atom is -0.493 e. The first-order chi connectivity index (χ1) is 14.2. The zero-order chi connectivity index (χ0) is 20.6. The molecule has 0 saturated heterocycles. The monoisotopic (exact) mass is 392 g/mol. The third-order valence-corrected chi connectivity index (χ3v) is 4.55. The van der Waals surface area contributed by atoms with E-state index in [-0.39, 0.29) is 5.78 Å². The predicted molar refractivity (Wildman–Crippen MR) is 111 cm³/mol. The van der Waals surface area contributed by atoms with E-state index < -0.39 is 6.10 Å². The van der Waals surface area contributed by atoms with Crippen molar-refractivity contribution in [3.63, 3.8) is 0 Å². The molecule has 3 rings (SSSR count). The van der Waals surface area contributed by atoms with Crippen molar-refractivity contribution in [2.75, 3.05) is 21.3 Å². The Morgan fingerprint density at radius 3 is 1.86 bits per heavy atom. The van der Waals surface area contributed by atoms with Crippen LogP contribution in [0.1, 0.15) is 27.6 Å². The van der Waals surface area contributed by atoms with Crippen LogP contribution in [0.5, 0.6) is 17.2 Å². The maximum Gasteiger partial charge on any atom is 0.203 e. The second-order valence-corrected chi connectivity index (χ2v) is 6.37. The summed E-state index contributed by atoms with van der Waals surface area (Å²) in [6.07, 6.45) is -0.827. The van der Waals surface area contributed by atoms with Gasteiger partial charge in [0.2, 0.25) is 5.75 Å². The normalized spacial score (nSPS) is 11.6. The van der Waals surface area contributed by atoms with Crippen molar-refractivity contribution in [1.82, 2.24) is 0 Å². The molecule has 0 aliphatic carbocycles. The van der Waals surface area contributed by atoms with E-state index >= 15 is 0 Å². The summed E-state index contributed by atoms with van der Waals surface area (Å²) in [7, 11) is 4.62. The van der Waals surface area contributed by atoms with Crippen molar-refractivity contribution in [3.8, 4) is 17.2 Å². The van der Waals surface area contributed by atoms with Gasteiger partial charge in [0.15, 0.2) is 17.3 Å². The Balaban J connectivity index is 2.01. The summed E-state index contributed by atoms with van der Waals surface area (Å²) in [6, 6.07) is 22.3. The Hall–Kier alpha value is -3.31. The maximum absolute atomic E-state index is 13.3. The van der Waals surface area contributed by atoms with Crippen molar-refractivity contribution in [2.24, 2.45) is 0 Å². The van der Waals surface area contributed by atoms with Crippen LogP contribution in [0, 0.1) is 0 Å². The number of rotatable bonds is 9. The Labute approximate surface area is 170 Å². The number of Topliss-reactive ketones (excluding diaryl/α,β-unsaturated/α-hetero) is 1. The van der Waals surface area contributed by atoms with E-state index in [9.17, 15) is 4.79 Å². The lowest BCUT2D eigenvalue weighted by atomic mass is 9.98. The molecule has 0 spiro atoms. The lowest BCUT2D eigenvalue weighted by Crippen LogP contribution is -2.17. The van der Waals surface area contributed by atoms with Gasteiger partial charge in [0, 0.05) is 5.56 Å². The first kappa shape index (κ1) is 20.4. The van der Waals surface area contributed by atoms with Crippen LogP contribution in [0.3, 0.4) is 0 Å². The molecule has 0 saturated carbocycles. The molecule has 0 heterocycles. The number of methoxy groups -OCH3 is 3. The number of hydrogen-bond acceptors (Lipinski definition) is 5. The van der Waals surface area contributed by atoms with E-state index in [2.05, 4.69) is 0 Å². The molecule has 5 heteroatoms. The molecule has 0 radical (unpaired) electrons. The number of carbonyl (C=O) groups excluding carboxylic acids is 1. The summed E-state index contributed by atoms with van der Waals surface area (Å²) in [5.41, 5.74) is 2.18. The standard InChI is InChI=1S/C24H24O5/c1-26-20-14-19(15-21(27-2)24(20)28-3)23(22(25)18-12-8-5-9-13-18)29-16-17-10-6-4-7-11-17/h4-15,23H,16H2,1-3H3. The summed E-state index contributed by atoms with van der Waals surface area (Å²) in [4.78, 5) is 13.3. The Morgan fingerprint density at radius 2 is 1.34 bits per heavy atom. The first-order valence-corrected chi connectivity index (χ1v) is 9.22. The molecule has 0 aliphatic rings. The van der Waals surface area contributed by atoms with E-state index in [1.54, 1.807) is 45.6 Å². The highest BCUT2D eigenvalue weighted by molar-refractivity contribution is 6.00. The van der Waals surface area contributed by atoms with Crippen LogP contribution in [-0.4, -0.2) is 27.1 Å². The lowest BCUT2D eigenvalue weighted by molar-refractivity contribution is 0.0332. The fraction of sp³-hybridized carbons (Fsp3) is 0.208. The lowest BCUT2D eigenvalue weighted by Gasteiger charge is -2.20. The largest absolute Gasteiger partial charge is 0.493 e. The van der Waals surface area contributed by atoms with Gasteiger partial charge in [0.1, 0.15) is 6.10 Å². The number of carbonyl (C=O) groups is 1. The molecule has 5 nitrogen and oxygen atoms in total. The Bertz CT molecular complexity index is 913. The second-order valence-electron chi connectivity index (χ2n) is 6.37. The quantitative estimate of drug-likeness (QED) is 0.487. The molecule has 0 aromatic heterocycles. The fourth-order valence-corrected chi connectivity index (χ4v) is 3.08. The topological polar surface area (TPSA) is 54.0 Å². The van der Waals surface area contributed by atoms with Crippen LogP contribution < -0.4 is 14.2 Å². The smallest absolute Gasteiger partial charge is 0.203 e. The van der Waals surface area contributed by atoms with Crippen molar-refractivity contribution in [3.05, 3.63) is 89.5 Å². The molecule has 29 heavy (non-hydrogen) atoms. The average molecular weight is 392 g/mol. The van der Waals surface area contributed by atoms with Gasteiger partial charge >= 0.3 is 0 Å². The third kappa shape index (κ3) is 4.76. The summed E-state index contributed by atoms with van der Waals surface area (Å²) >= 11 is 0. The SMILES string of the molecule is COc1cc(C(OCc2ccccc2)C(=O)c2ccccc2)cc(OC)c1OC. The van der Waals surface area contributed by atoms with Gasteiger partial charge in [0.25, 0.3) is 0 Å². The van der Waals surface area contributed by atoms with Gasteiger partial charge < -0.3 is 18.9 Å². The summed E-state index contributed by atoms with van der Waals surface area (Å²) in [6.45, 7) is 0.292. The highest BCUT2D eigenvalue weighted by Gasteiger charge is 2.26. The van der Waals surface area contributed by atoms with E-state index in [1.807, 2.05) is 48.5 Å². The summed E-state index contributed by atoms with van der Waals surface area (Å²) in [5.74, 6) is 1.26. The first-order valence-electron chi connectivity index (χ1n) is 9.22. The molecule has 0 N–H and O–H groups in total. The minimum atomic E-state index is -0.827. The highest BCUT2D eigenvalue weighted by Crippen LogP contribution is 2.41. The zero-order valence-corrected chi connectivity index (χ0v) is 16.8. The third-order valence-electron chi connectivity index (χ3n) is 4.55. The molecule has 0 bridgehead atoms. The van der Waals surface area contributed by atoms with Crippen LogP contribution in [0.15, 0.2) is 72.8 Å². The van der Waals surface area contributed by atoms with Crippen LogP contribution >= 0.6 is 0 Å². The molecular weight excluding hydrogens is 368 g/mol. The number of benzene rings is 3. The van der Waals surface area contributed by atoms with Crippen LogP contribution in [0.4, 0.5) is 0 Å². The van der Waals surface area contributed by atoms with Crippen LogP contribution in [0.2, 0.25) is 0 Å². The van der Waals surface area contributed by atoms with E-state index in [0.29, 0.717) is 35.0 Å². The molecule has 3 aromatic rings. The van der Waals surface area contributed by atoms with E-state index in [1.165, 1.54) is 0 Å². The summed E-state index contributed by atoms with van der Waals surface area (Å²) in [5, 5.41) is 0. The minimum absolute atomic E-state index is 0.143.